The number of carbonyl (C=O) groups is 2. The van der Waals surface area contributed by atoms with Gasteiger partial charge in [0.05, 0.1) is 6.42 Å². The molecule has 0 spiro atoms. The smallest absolute Gasteiger partial charge is 0.303 e. The van der Waals surface area contributed by atoms with Gasteiger partial charge in [0.15, 0.2) is 0 Å². The second-order valence-electron chi connectivity index (χ2n) is 3.97. The molecular formula is C12H13NO3. The van der Waals surface area contributed by atoms with Crippen molar-refractivity contribution in [3.8, 4) is 0 Å². The second kappa shape index (κ2) is 4.35. The lowest BCUT2D eigenvalue weighted by molar-refractivity contribution is -0.137. The fraction of sp³-hybridized carbons (Fsp3) is 0.333. The Morgan fingerprint density at radius 2 is 2.19 bits per heavy atom. The molecule has 2 N–H and O–H groups in total. The van der Waals surface area contributed by atoms with Crippen LogP contribution in [-0.2, 0) is 9.59 Å². The van der Waals surface area contributed by atoms with Crippen LogP contribution in [0.1, 0.15) is 30.7 Å². The van der Waals surface area contributed by atoms with Crippen molar-refractivity contribution in [3.05, 3.63) is 29.8 Å². The first-order valence-corrected chi connectivity index (χ1v) is 5.27. The number of fused-ring (bicyclic) bond motifs is 1. The predicted molar refractivity (Wildman–Crippen MR) is 59.3 cm³/mol. The van der Waals surface area contributed by atoms with Gasteiger partial charge in [0.1, 0.15) is 0 Å². The van der Waals surface area contributed by atoms with Crippen LogP contribution in [0, 0.1) is 0 Å². The lowest BCUT2D eigenvalue weighted by Crippen LogP contribution is -2.08. The molecule has 4 nitrogen and oxygen atoms in total. The van der Waals surface area contributed by atoms with Gasteiger partial charge in [-0.1, -0.05) is 18.2 Å². The first kappa shape index (κ1) is 10.7. The third-order valence-electron chi connectivity index (χ3n) is 2.82. The Bertz CT molecular complexity index is 428. The zero-order chi connectivity index (χ0) is 11.5. The van der Waals surface area contributed by atoms with Crippen molar-refractivity contribution in [1.29, 1.82) is 0 Å². The number of aliphatic carboxylic acids is 1. The first-order chi connectivity index (χ1) is 7.66. The lowest BCUT2D eigenvalue weighted by Gasteiger charge is -2.14. The number of benzene rings is 1. The Balaban J connectivity index is 2.34. The molecule has 1 aliphatic heterocycles. The quantitative estimate of drug-likeness (QED) is 0.799. The van der Waals surface area contributed by atoms with Gasteiger partial charge in [0.25, 0.3) is 0 Å². The van der Waals surface area contributed by atoms with Gasteiger partial charge in [-0.2, -0.15) is 0 Å². The molecule has 2 rings (SSSR count). The standard InChI is InChI=1S/C12H13NO3/c14-11-6-5-8(7-12(15)16)9-3-1-2-4-10(9)13-11/h1-4,8H,5-7H2,(H,13,14)(H,15,16). The summed E-state index contributed by atoms with van der Waals surface area (Å²) in [6.07, 6.45) is 1.05. The lowest BCUT2D eigenvalue weighted by atomic mass is 9.91. The highest BCUT2D eigenvalue weighted by Crippen LogP contribution is 2.33. The van der Waals surface area contributed by atoms with E-state index in [-0.39, 0.29) is 18.2 Å². The van der Waals surface area contributed by atoms with Crippen LogP contribution in [0.25, 0.3) is 0 Å². The average molecular weight is 219 g/mol. The number of nitrogens with one attached hydrogen (secondary N) is 1. The second-order valence-corrected chi connectivity index (χ2v) is 3.97. The van der Waals surface area contributed by atoms with E-state index < -0.39 is 5.97 Å². The molecule has 0 aliphatic carbocycles. The molecule has 84 valence electrons. The Morgan fingerprint density at radius 1 is 1.44 bits per heavy atom. The van der Waals surface area contributed by atoms with Crippen LogP contribution in [0.15, 0.2) is 24.3 Å². The van der Waals surface area contributed by atoms with Gasteiger partial charge in [-0.15, -0.1) is 0 Å². The summed E-state index contributed by atoms with van der Waals surface area (Å²) in [6, 6.07) is 7.40. The summed E-state index contributed by atoms with van der Waals surface area (Å²) >= 11 is 0. The summed E-state index contributed by atoms with van der Waals surface area (Å²) < 4.78 is 0. The molecule has 0 saturated carbocycles. The molecule has 1 amide bonds. The molecule has 0 saturated heterocycles. The Labute approximate surface area is 93.3 Å². The van der Waals surface area contributed by atoms with Crippen LogP contribution in [0.5, 0.6) is 0 Å². The number of amides is 1. The van der Waals surface area contributed by atoms with Crippen molar-refractivity contribution in [2.45, 2.75) is 25.2 Å². The molecule has 1 aromatic carbocycles. The zero-order valence-electron chi connectivity index (χ0n) is 8.77. The number of hydrogen-bond donors (Lipinski definition) is 2. The molecule has 1 aromatic rings. The first-order valence-electron chi connectivity index (χ1n) is 5.27. The van der Waals surface area contributed by atoms with Crippen LogP contribution in [0.4, 0.5) is 5.69 Å². The van der Waals surface area contributed by atoms with Crippen LogP contribution in [0.3, 0.4) is 0 Å². The Morgan fingerprint density at radius 3 is 2.94 bits per heavy atom. The highest BCUT2D eigenvalue weighted by molar-refractivity contribution is 5.92. The SMILES string of the molecule is O=C(O)CC1CCC(=O)Nc2ccccc21. The van der Waals surface area contributed by atoms with Gasteiger partial charge in [-0.3, -0.25) is 9.59 Å². The molecular weight excluding hydrogens is 206 g/mol. The van der Waals surface area contributed by atoms with Crippen molar-refractivity contribution < 1.29 is 14.7 Å². The van der Waals surface area contributed by atoms with Crippen molar-refractivity contribution in [2.75, 3.05) is 5.32 Å². The van der Waals surface area contributed by atoms with Crippen LogP contribution < -0.4 is 5.32 Å². The van der Waals surface area contributed by atoms with Crippen molar-refractivity contribution in [3.63, 3.8) is 0 Å². The highest BCUT2D eigenvalue weighted by atomic mass is 16.4. The molecule has 1 atom stereocenters. The Kier molecular flexibility index (Phi) is 2.90. The summed E-state index contributed by atoms with van der Waals surface area (Å²) in [4.78, 5) is 22.2. The normalized spacial score (nSPS) is 19.5. The van der Waals surface area contributed by atoms with Gasteiger partial charge in [0, 0.05) is 12.1 Å². The fourth-order valence-corrected chi connectivity index (χ4v) is 2.06. The third-order valence-corrected chi connectivity index (χ3v) is 2.82. The van der Waals surface area contributed by atoms with E-state index in [0.717, 1.165) is 11.3 Å². The van der Waals surface area contributed by atoms with E-state index in [9.17, 15) is 9.59 Å². The van der Waals surface area contributed by atoms with E-state index in [1.54, 1.807) is 0 Å². The average Bonchev–Trinajstić information content (AvgIpc) is 2.38. The van der Waals surface area contributed by atoms with Crippen molar-refractivity contribution in [1.82, 2.24) is 0 Å². The van der Waals surface area contributed by atoms with E-state index in [2.05, 4.69) is 5.32 Å². The number of carboxylic acid groups (broad SMARTS) is 1. The van der Waals surface area contributed by atoms with Crippen LogP contribution >= 0.6 is 0 Å². The number of hydrogen-bond acceptors (Lipinski definition) is 2. The summed E-state index contributed by atoms with van der Waals surface area (Å²) in [7, 11) is 0. The van der Waals surface area contributed by atoms with E-state index in [0.29, 0.717) is 12.8 Å². The van der Waals surface area contributed by atoms with E-state index in [4.69, 9.17) is 5.11 Å². The summed E-state index contributed by atoms with van der Waals surface area (Å²) in [5.74, 6) is -0.942. The monoisotopic (exact) mass is 219 g/mol. The maximum atomic E-state index is 11.4. The fourth-order valence-electron chi connectivity index (χ4n) is 2.06. The Hall–Kier alpha value is -1.84. The molecule has 0 radical (unpaired) electrons. The third kappa shape index (κ3) is 2.21. The van der Waals surface area contributed by atoms with Gasteiger partial charge in [0.2, 0.25) is 5.91 Å². The van der Waals surface area contributed by atoms with Crippen molar-refractivity contribution >= 4 is 17.6 Å². The summed E-state index contributed by atoms with van der Waals surface area (Å²) in [5.41, 5.74) is 1.67. The minimum Gasteiger partial charge on any atom is -0.481 e. The minimum atomic E-state index is -0.825. The van der Waals surface area contributed by atoms with Crippen LogP contribution in [0.2, 0.25) is 0 Å². The summed E-state index contributed by atoms with van der Waals surface area (Å²) in [6.45, 7) is 0. The maximum absolute atomic E-state index is 11.4. The molecule has 1 aliphatic rings. The topological polar surface area (TPSA) is 66.4 Å². The predicted octanol–water partition coefficient (Wildman–Crippen LogP) is 1.98. The van der Waals surface area contributed by atoms with Gasteiger partial charge < -0.3 is 10.4 Å². The number of carboxylic acids is 1. The number of carbonyl (C=O) groups excluding carboxylic acids is 1. The maximum Gasteiger partial charge on any atom is 0.303 e. The summed E-state index contributed by atoms with van der Waals surface area (Å²) in [5, 5.41) is 11.6. The molecule has 16 heavy (non-hydrogen) atoms. The molecule has 0 bridgehead atoms. The number of anilines is 1. The highest BCUT2D eigenvalue weighted by Gasteiger charge is 2.23. The van der Waals surface area contributed by atoms with Gasteiger partial charge >= 0.3 is 5.97 Å². The van der Waals surface area contributed by atoms with E-state index in [1.807, 2.05) is 24.3 Å². The van der Waals surface area contributed by atoms with Crippen molar-refractivity contribution in [2.24, 2.45) is 0 Å². The molecule has 4 heteroatoms. The van der Waals surface area contributed by atoms with Crippen LogP contribution in [-0.4, -0.2) is 17.0 Å². The van der Waals surface area contributed by atoms with Gasteiger partial charge in [-0.05, 0) is 24.0 Å². The number of rotatable bonds is 2. The minimum absolute atomic E-state index is 0.0414. The van der Waals surface area contributed by atoms with Gasteiger partial charge in [-0.25, -0.2) is 0 Å². The largest absolute Gasteiger partial charge is 0.481 e. The van der Waals surface area contributed by atoms with E-state index >= 15 is 0 Å². The van der Waals surface area contributed by atoms with E-state index in [1.165, 1.54) is 0 Å². The number of para-hydroxylation sites is 1. The molecule has 1 heterocycles. The molecule has 1 unspecified atom stereocenters. The zero-order valence-corrected chi connectivity index (χ0v) is 8.77. The molecule has 0 fully saturated rings. The molecule has 0 aromatic heterocycles.